The number of nitrogens with one attached hydrogen (secondary N) is 2. The van der Waals surface area contributed by atoms with Crippen LogP contribution in [0.5, 0.6) is 0 Å². The van der Waals surface area contributed by atoms with Crippen LogP contribution < -0.4 is 10.6 Å². The Bertz CT molecular complexity index is 593. The Morgan fingerprint density at radius 2 is 2.25 bits per heavy atom. The van der Waals surface area contributed by atoms with E-state index in [4.69, 9.17) is 9.47 Å². The number of methoxy groups -OCH3 is 1. The van der Waals surface area contributed by atoms with Crippen molar-refractivity contribution in [2.24, 2.45) is 5.92 Å². The molecule has 0 saturated carbocycles. The van der Waals surface area contributed by atoms with Crippen molar-refractivity contribution >= 4 is 21.8 Å². The van der Waals surface area contributed by atoms with Crippen molar-refractivity contribution in [2.75, 3.05) is 46.5 Å². The predicted octanol–water partition coefficient (Wildman–Crippen LogP) is -1.70. The van der Waals surface area contributed by atoms with E-state index in [-0.39, 0.29) is 26.2 Å². The molecule has 0 aromatic heterocycles. The number of rotatable bonds is 6. The molecule has 0 radical (unpaired) electrons. The topological polar surface area (TPSA) is 114 Å². The van der Waals surface area contributed by atoms with Gasteiger partial charge < -0.3 is 20.1 Å². The standard InChI is InChI=1S/C14H25N3O6S/c1-10(2)24(20,21)17-8-11(12(18)15-4-6-22-3)14(9-17)13(19)16-5-7-23-14/h10-11H,4-9H2,1-3H3,(H,15,18)(H,16,19)/t11-,14-/m1/s1. The lowest BCUT2D eigenvalue weighted by atomic mass is 9.88. The molecule has 2 fully saturated rings. The van der Waals surface area contributed by atoms with Gasteiger partial charge in [0.2, 0.25) is 15.9 Å². The lowest BCUT2D eigenvalue weighted by Crippen LogP contribution is -2.62. The molecule has 0 bridgehead atoms. The highest BCUT2D eigenvalue weighted by atomic mass is 32.2. The third-order valence-corrected chi connectivity index (χ3v) is 6.56. The molecule has 24 heavy (non-hydrogen) atoms. The summed E-state index contributed by atoms with van der Waals surface area (Å²) in [6.45, 7) is 4.09. The summed E-state index contributed by atoms with van der Waals surface area (Å²) < 4.78 is 36.7. The number of morpholine rings is 1. The molecule has 2 aliphatic heterocycles. The second-order valence-corrected chi connectivity index (χ2v) is 8.71. The number of nitrogens with zero attached hydrogens (tertiary/aromatic N) is 1. The summed E-state index contributed by atoms with van der Waals surface area (Å²) in [5, 5.41) is 4.71. The molecule has 2 N–H and O–H groups in total. The molecular formula is C14H25N3O6S. The molecule has 0 aromatic rings. The zero-order chi connectivity index (χ0) is 18.0. The summed E-state index contributed by atoms with van der Waals surface area (Å²) >= 11 is 0. The molecule has 10 heteroatoms. The van der Waals surface area contributed by atoms with Crippen LogP contribution in [-0.2, 0) is 29.1 Å². The van der Waals surface area contributed by atoms with Gasteiger partial charge in [-0.3, -0.25) is 9.59 Å². The molecule has 2 heterocycles. The Balaban J connectivity index is 2.27. The van der Waals surface area contributed by atoms with E-state index in [1.807, 2.05) is 0 Å². The third-order valence-electron chi connectivity index (χ3n) is 4.37. The van der Waals surface area contributed by atoms with E-state index in [0.717, 1.165) is 0 Å². The summed E-state index contributed by atoms with van der Waals surface area (Å²) in [5.41, 5.74) is -1.47. The number of carbonyl (C=O) groups excluding carboxylic acids is 2. The Hall–Kier alpha value is -1.23. The van der Waals surface area contributed by atoms with E-state index in [0.29, 0.717) is 13.2 Å². The fourth-order valence-corrected chi connectivity index (χ4v) is 4.29. The molecule has 2 rings (SSSR count). The maximum atomic E-state index is 12.5. The number of hydrogen-bond acceptors (Lipinski definition) is 6. The molecule has 2 aliphatic rings. The SMILES string of the molecule is COCCNC(=O)[C@H]1CN(S(=O)(=O)C(C)C)C[C@@]12OCCNC2=O. The van der Waals surface area contributed by atoms with E-state index >= 15 is 0 Å². The van der Waals surface area contributed by atoms with E-state index < -0.39 is 38.6 Å². The fourth-order valence-electron chi connectivity index (χ4n) is 2.96. The van der Waals surface area contributed by atoms with Crippen molar-refractivity contribution in [3.8, 4) is 0 Å². The van der Waals surface area contributed by atoms with Crippen LogP contribution in [0, 0.1) is 5.92 Å². The second kappa shape index (κ2) is 7.34. The first-order valence-electron chi connectivity index (χ1n) is 7.93. The Labute approximate surface area is 142 Å². The van der Waals surface area contributed by atoms with Crippen LogP contribution in [0.25, 0.3) is 0 Å². The van der Waals surface area contributed by atoms with Gasteiger partial charge in [0.1, 0.15) is 0 Å². The average Bonchev–Trinajstić information content (AvgIpc) is 2.91. The van der Waals surface area contributed by atoms with E-state index in [1.54, 1.807) is 13.8 Å². The Morgan fingerprint density at radius 1 is 1.54 bits per heavy atom. The largest absolute Gasteiger partial charge is 0.383 e. The summed E-state index contributed by atoms with van der Waals surface area (Å²) in [7, 11) is -2.09. The number of carbonyl (C=O) groups is 2. The maximum Gasteiger partial charge on any atom is 0.254 e. The Kier molecular flexibility index (Phi) is 5.84. The van der Waals surface area contributed by atoms with Crippen LogP contribution >= 0.6 is 0 Å². The molecule has 0 unspecified atom stereocenters. The van der Waals surface area contributed by atoms with Crippen LogP contribution in [0.1, 0.15) is 13.8 Å². The Morgan fingerprint density at radius 3 is 2.83 bits per heavy atom. The van der Waals surface area contributed by atoms with Crippen LogP contribution in [0.2, 0.25) is 0 Å². The highest BCUT2D eigenvalue weighted by Gasteiger charge is 2.59. The molecule has 0 aliphatic carbocycles. The van der Waals surface area contributed by atoms with Gasteiger partial charge in [0.25, 0.3) is 5.91 Å². The van der Waals surface area contributed by atoms with Gasteiger partial charge in [-0.1, -0.05) is 0 Å². The molecule has 1 spiro atoms. The van der Waals surface area contributed by atoms with Gasteiger partial charge in [-0.2, -0.15) is 4.31 Å². The molecule has 2 saturated heterocycles. The predicted molar refractivity (Wildman–Crippen MR) is 85.7 cm³/mol. The average molecular weight is 363 g/mol. The normalized spacial score (nSPS) is 28.3. The zero-order valence-corrected chi connectivity index (χ0v) is 15.0. The first-order chi connectivity index (χ1) is 11.3. The number of hydrogen-bond donors (Lipinski definition) is 2. The lowest BCUT2D eigenvalue weighted by Gasteiger charge is -2.36. The minimum absolute atomic E-state index is 0.0766. The summed E-state index contributed by atoms with van der Waals surface area (Å²) in [6, 6.07) is 0. The minimum Gasteiger partial charge on any atom is -0.383 e. The molecular weight excluding hydrogens is 338 g/mol. The summed E-state index contributed by atoms with van der Waals surface area (Å²) in [6.07, 6.45) is 0. The van der Waals surface area contributed by atoms with E-state index in [2.05, 4.69) is 10.6 Å². The number of sulfonamides is 1. The van der Waals surface area contributed by atoms with Crippen LogP contribution in [0.15, 0.2) is 0 Å². The van der Waals surface area contributed by atoms with Gasteiger partial charge in [-0.05, 0) is 13.8 Å². The van der Waals surface area contributed by atoms with Gasteiger partial charge >= 0.3 is 0 Å². The second-order valence-electron chi connectivity index (χ2n) is 6.22. The van der Waals surface area contributed by atoms with Gasteiger partial charge in [0.15, 0.2) is 5.60 Å². The number of amides is 2. The number of ether oxygens (including phenoxy) is 2. The highest BCUT2D eigenvalue weighted by molar-refractivity contribution is 7.89. The molecule has 2 atom stereocenters. The van der Waals surface area contributed by atoms with Crippen LogP contribution in [-0.4, -0.2) is 81.9 Å². The van der Waals surface area contributed by atoms with Gasteiger partial charge in [-0.15, -0.1) is 0 Å². The first kappa shape index (κ1) is 19.1. The fraction of sp³-hybridized carbons (Fsp3) is 0.857. The van der Waals surface area contributed by atoms with Gasteiger partial charge in [0.05, 0.1) is 30.9 Å². The lowest BCUT2D eigenvalue weighted by molar-refractivity contribution is -0.163. The molecule has 138 valence electrons. The van der Waals surface area contributed by atoms with Crippen molar-refractivity contribution in [3.05, 3.63) is 0 Å². The van der Waals surface area contributed by atoms with Crippen molar-refractivity contribution in [2.45, 2.75) is 24.7 Å². The van der Waals surface area contributed by atoms with Crippen LogP contribution in [0.4, 0.5) is 0 Å². The summed E-state index contributed by atoms with van der Waals surface area (Å²) in [5.74, 6) is -1.75. The molecule has 9 nitrogen and oxygen atoms in total. The minimum atomic E-state index is -3.60. The first-order valence-corrected chi connectivity index (χ1v) is 9.44. The van der Waals surface area contributed by atoms with E-state index in [9.17, 15) is 18.0 Å². The van der Waals surface area contributed by atoms with E-state index in [1.165, 1.54) is 11.4 Å². The van der Waals surface area contributed by atoms with Crippen molar-refractivity contribution in [1.82, 2.24) is 14.9 Å². The highest BCUT2D eigenvalue weighted by Crippen LogP contribution is 2.35. The molecule has 0 aromatic carbocycles. The van der Waals surface area contributed by atoms with Crippen molar-refractivity contribution in [1.29, 1.82) is 0 Å². The zero-order valence-electron chi connectivity index (χ0n) is 14.2. The smallest absolute Gasteiger partial charge is 0.254 e. The maximum absolute atomic E-state index is 12.5. The monoisotopic (exact) mass is 363 g/mol. The molecule has 2 amide bonds. The van der Waals surface area contributed by atoms with Crippen molar-refractivity contribution in [3.63, 3.8) is 0 Å². The van der Waals surface area contributed by atoms with Gasteiger partial charge in [0, 0.05) is 26.7 Å². The quantitative estimate of drug-likeness (QED) is 0.544. The van der Waals surface area contributed by atoms with Crippen molar-refractivity contribution < 1.29 is 27.5 Å². The summed E-state index contributed by atoms with van der Waals surface area (Å²) in [4.78, 5) is 25.0. The van der Waals surface area contributed by atoms with Crippen LogP contribution in [0.3, 0.4) is 0 Å². The third kappa shape index (κ3) is 3.41. The van der Waals surface area contributed by atoms with Gasteiger partial charge in [-0.25, -0.2) is 8.42 Å².